The summed E-state index contributed by atoms with van der Waals surface area (Å²) in [6.45, 7) is 7.13. The summed E-state index contributed by atoms with van der Waals surface area (Å²) in [6, 6.07) is 12.2. The molecule has 0 aromatic heterocycles. The van der Waals surface area contributed by atoms with Gasteiger partial charge in [-0.1, -0.05) is 55.3 Å². The average Bonchev–Trinajstić information content (AvgIpc) is 2.73. The molecule has 5 nitrogen and oxygen atoms in total. The molecule has 3 rings (SSSR count). The minimum atomic E-state index is -3.65. The Morgan fingerprint density at radius 2 is 1.80 bits per heavy atom. The summed E-state index contributed by atoms with van der Waals surface area (Å²) in [4.78, 5) is 13.1. The van der Waals surface area contributed by atoms with Gasteiger partial charge in [0.2, 0.25) is 10.0 Å². The van der Waals surface area contributed by atoms with Gasteiger partial charge < -0.3 is 5.32 Å². The molecule has 0 aliphatic carbocycles. The average molecular weight is 449 g/mol. The third-order valence-corrected chi connectivity index (χ3v) is 7.98. The monoisotopic (exact) mass is 448 g/mol. The predicted octanol–water partition coefficient (Wildman–Crippen LogP) is 4.95. The molecule has 0 bridgehead atoms. The lowest BCUT2D eigenvalue weighted by Gasteiger charge is -2.29. The SMILES string of the molecule is CC[C@H](NC(=O)c1cc(S(=O)(=O)N2CCC(C)CC2)ccc1Cl)c1ccc(C)cc1. The number of sulfonamides is 1. The number of rotatable bonds is 6. The van der Waals surface area contributed by atoms with Crippen molar-refractivity contribution in [2.45, 2.75) is 51.0 Å². The number of aryl methyl sites for hydroxylation is 1. The number of carbonyl (C=O) groups excluding carboxylic acids is 1. The lowest BCUT2D eigenvalue weighted by Crippen LogP contribution is -2.38. The van der Waals surface area contributed by atoms with Gasteiger partial charge in [-0.15, -0.1) is 0 Å². The highest BCUT2D eigenvalue weighted by Crippen LogP contribution is 2.27. The van der Waals surface area contributed by atoms with Crippen molar-refractivity contribution in [2.24, 2.45) is 5.92 Å². The molecule has 0 spiro atoms. The molecule has 1 aliphatic heterocycles. The molecule has 162 valence electrons. The second-order valence-corrected chi connectivity index (χ2v) is 10.4. The van der Waals surface area contributed by atoms with Gasteiger partial charge in [0, 0.05) is 13.1 Å². The zero-order valence-corrected chi connectivity index (χ0v) is 19.3. The van der Waals surface area contributed by atoms with E-state index in [4.69, 9.17) is 11.6 Å². The van der Waals surface area contributed by atoms with Gasteiger partial charge in [-0.25, -0.2) is 8.42 Å². The second kappa shape index (κ2) is 9.50. The standard InChI is InChI=1S/C23H29ClN2O3S/c1-4-22(18-7-5-16(2)6-8-18)25-23(27)20-15-19(9-10-21(20)24)30(28,29)26-13-11-17(3)12-14-26/h5-10,15,17,22H,4,11-14H2,1-3H3,(H,25,27)/t22-/m0/s1. The Bertz CT molecular complexity index is 998. The molecule has 2 aromatic rings. The highest BCUT2D eigenvalue weighted by molar-refractivity contribution is 7.89. The molecule has 30 heavy (non-hydrogen) atoms. The van der Waals surface area contributed by atoms with Gasteiger partial charge in [0.25, 0.3) is 5.91 Å². The Balaban J connectivity index is 1.83. The Labute approximate surface area is 184 Å². The number of amides is 1. The van der Waals surface area contributed by atoms with Crippen LogP contribution in [0.3, 0.4) is 0 Å². The Morgan fingerprint density at radius 3 is 2.40 bits per heavy atom. The number of benzene rings is 2. The van der Waals surface area contributed by atoms with Crippen molar-refractivity contribution in [1.82, 2.24) is 9.62 Å². The summed E-state index contributed by atoms with van der Waals surface area (Å²) in [6.07, 6.45) is 2.39. The van der Waals surface area contributed by atoms with Crippen LogP contribution in [-0.2, 0) is 10.0 Å². The highest BCUT2D eigenvalue weighted by atomic mass is 35.5. The number of nitrogens with one attached hydrogen (secondary N) is 1. The highest BCUT2D eigenvalue weighted by Gasteiger charge is 2.29. The summed E-state index contributed by atoms with van der Waals surface area (Å²) < 4.78 is 27.6. The predicted molar refractivity (Wildman–Crippen MR) is 120 cm³/mol. The molecule has 1 aliphatic rings. The van der Waals surface area contributed by atoms with Crippen LogP contribution in [0.5, 0.6) is 0 Å². The fourth-order valence-corrected chi connectivity index (χ4v) is 5.37. The maximum atomic E-state index is 13.1. The zero-order valence-electron chi connectivity index (χ0n) is 17.7. The first-order valence-electron chi connectivity index (χ1n) is 10.4. The van der Waals surface area contributed by atoms with Crippen LogP contribution in [0.1, 0.15) is 60.6 Å². The molecule has 1 heterocycles. The van der Waals surface area contributed by atoms with Gasteiger partial charge in [-0.3, -0.25) is 4.79 Å². The van der Waals surface area contributed by atoms with Gasteiger partial charge in [0.1, 0.15) is 0 Å². The van der Waals surface area contributed by atoms with E-state index in [1.54, 1.807) is 0 Å². The summed E-state index contributed by atoms with van der Waals surface area (Å²) in [5.41, 5.74) is 2.32. The van der Waals surface area contributed by atoms with Crippen LogP contribution >= 0.6 is 11.6 Å². The fourth-order valence-electron chi connectivity index (χ4n) is 3.67. The van der Waals surface area contributed by atoms with E-state index in [0.717, 1.165) is 24.0 Å². The third-order valence-electron chi connectivity index (χ3n) is 5.76. The molecule has 2 aromatic carbocycles. The number of hydrogen-bond acceptors (Lipinski definition) is 3. The zero-order chi connectivity index (χ0) is 21.9. The molecule has 0 saturated carbocycles. The minimum Gasteiger partial charge on any atom is -0.345 e. The van der Waals surface area contributed by atoms with E-state index in [-0.39, 0.29) is 27.4 Å². The Morgan fingerprint density at radius 1 is 1.17 bits per heavy atom. The van der Waals surface area contributed by atoms with Gasteiger partial charge >= 0.3 is 0 Å². The van der Waals surface area contributed by atoms with Crippen LogP contribution in [0.15, 0.2) is 47.4 Å². The van der Waals surface area contributed by atoms with E-state index < -0.39 is 10.0 Å². The van der Waals surface area contributed by atoms with Crippen LogP contribution in [0.25, 0.3) is 0 Å². The van der Waals surface area contributed by atoms with Crippen molar-refractivity contribution in [3.05, 3.63) is 64.2 Å². The van der Waals surface area contributed by atoms with Gasteiger partial charge in [-0.2, -0.15) is 4.31 Å². The number of piperidine rings is 1. The first kappa shape index (κ1) is 22.8. The summed E-state index contributed by atoms with van der Waals surface area (Å²) >= 11 is 6.27. The molecule has 1 amide bonds. The summed E-state index contributed by atoms with van der Waals surface area (Å²) in [5.74, 6) is 0.146. The molecule has 1 N–H and O–H groups in total. The van der Waals surface area contributed by atoms with Crippen LogP contribution in [0.2, 0.25) is 5.02 Å². The first-order chi connectivity index (χ1) is 14.2. The molecular formula is C23H29ClN2O3S. The van der Waals surface area contributed by atoms with E-state index in [1.165, 1.54) is 22.5 Å². The number of nitrogens with zero attached hydrogens (tertiary/aromatic N) is 1. The quantitative estimate of drug-likeness (QED) is 0.679. The van der Waals surface area contributed by atoms with E-state index in [0.29, 0.717) is 25.4 Å². The van der Waals surface area contributed by atoms with Crippen molar-refractivity contribution in [2.75, 3.05) is 13.1 Å². The topological polar surface area (TPSA) is 66.5 Å². The molecule has 7 heteroatoms. The van der Waals surface area contributed by atoms with Crippen molar-refractivity contribution >= 4 is 27.5 Å². The number of halogens is 1. The Kier molecular flexibility index (Phi) is 7.22. The van der Waals surface area contributed by atoms with Crippen molar-refractivity contribution in [1.29, 1.82) is 0 Å². The summed E-state index contributed by atoms with van der Waals surface area (Å²) in [7, 11) is -3.65. The van der Waals surface area contributed by atoms with E-state index in [9.17, 15) is 13.2 Å². The largest absolute Gasteiger partial charge is 0.345 e. The minimum absolute atomic E-state index is 0.106. The molecule has 0 radical (unpaired) electrons. The lowest BCUT2D eigenvalue weighted by atomic mass is 10.0. The van der Waals surface area contributed by atoms with Crippen LogP contribution < -0.4 is 5.32 Å². The van der Waals surface area contributed by atoms with Gasteiger partial charge in [-0.05, 0) is 55.9 Å². The molecule has 0 unspecified atom stereocenters. The van der Waals surface area contributed by atoms with E-state index in [2.05, 4.69) is 12.2 Å². The first-order valence-corrected chi connectivity index (χ1v) is 12.2. The Hall–Kier alpha value is -1.89. The van der Waals surface area contributed by atoms with Crippen LogP contribution in [0, 0.1) is 12.8 Å². The van der Waals surface area contributed by atoms with Crippen molar-refractivity contribution < 1.29 is 13.2 Å². The lowest BCUT2D eigenvalue weighted by molar-refractivity contribution is 0.0935. The second-order valence-electron chi connectivity index (χ2n) is 8.07. The third kappa shape index (κ3) is 5.05. The molecular weight excluding hydrogens is 420 g/mol. The van der Waals surface area contributed by atoms with Gasteiger partial charge in [0.05, 0.1) is 21.5 Å². The van der Waals surface area contributed by atoms with Crippen molar-refractivity contribution in [3.63, 3.8) is 0 Å². The van der Waals surface area contributed by atoms with Crippen LogP contribution in [-0.4, -0.2) is 31.7 Å². The molecule has 1 atom stereocenters. The smallest absolute Gasteiger partial charge is 0.253 e. The van der Waals surface area contributed by atoms with Crippen molar-refractivity contribution in [3.8, 4) is 0 Å². The number of hydrogen-bond donors (Lipinski definition) is 1. The maximum absolute atomic E-state index is 13.1. The van der Waals surface area contributed by atoms with Crippen LogP contribution in [0.4, 0.5) is 0 Å². The fraction of sp³-hybridized carbons (Fsp3) is 0.435. The number of carbonyl (C=O) groups is 1. The summed E-state index contributed by atoms with van der Waals surface area (Å²) in [5, 5.41) is 3.23. The normalized spacial score (nSPS) is 16.9. The van der Waals surface area contributed by atoms with E-state index >= 15 is 0 Å². The molecule has 1 fully saturated rings. The maximum Gasteiger partial charge on any atom is 0.253 e. The van der Waals surface area contributed by atoms with E-state index in [1.807, 2.05) is 38.1 Å². The van der Waals surface area contributed by atoms with Gasteiger partial charge in [0.15, 0.2) is 0 Å². The molecule has 1 saturated heterocycles.